The summed E-state index contributed by atoms with van der Waals surface area (Å²) in [5.74, 6) is -0.135. The van der Waals surface area contributed by atoms with E-state index in [1.807, 2.05) is 49.2 Å². The number of nitro groups is 1. The monoisotopic (exact) mass is 398 g/mol. The highest BCUT2D eigenvalue weighted by molar-refractivity contribution is 5.92. The third-order valence-electron chi connectivity index (χ3n) is 5.14. The summed E-state index contributed by atoms with van der Waals surface area (Å²) in [6.45, 7) is 5.29. The van der Waals surface area contributed by atoms with Crippen LogP contribution in [0.5, 0.6) is 0 Å². The van der Waals surface area contributed by atoms with Crippen molar-refractivity contribution in [1.29, 1.82) is 0 Å². The summed E-state index contributed by atoms with van der Waals surface area (Å²) in [6.07, 6.45) is 0. The molecule has 8 heteroatoms. The predicted octanol–water partition coefficient (Wildman–Crippen LogP) is 3.06. The molecule has 0 saturated carbocycles. The maximum absolute atomic E-state index is 12.4. The summed E-state index contributed by atoms with van der Waals surface area (Å²) >= 11 is 0. The first-order chi connectivity index (χ1) is 13.9. The zero-order valence-corrected chi connectivity index (χ0v) is 16.7. The Hall–Kier alpha value is -2.97. The molecule has 1 N–H and O–H groups in total. The molecule has 1 atom stereocenters. The summed E-state index contributed by atoms with van der Waals surface area (Å²) in [7, 11) is 1.82. The molecular weight excluding hydrogens is 372 g/mol. The van der Waals surface area contributed by atoms with Gasteiger partial charge in [0.05, 0.1) is 24.7 Å². The lowest BCUT2D eigenvalue weighted by Crippen LogP contribution is -2.36. The second-order valence-electron chi connectivity index (χ2n) is 7.14. The van der Waals surface area contributed by atoms with E-state index in [0.717, 1.165) is 43.2 Å². The van der Waals surface area contributed by atoms with Gasteiger partial charge < -0.3 is 15.0 Å². The summed E-state index contributed by atoms with van der Waals surface area (Å²) < 4.78 is 5.37. The molecule has 1 fully saturated rings. The van der Waals surface area contributed by atoms with Crippen molar-refractivity contribution in [1.82, 2.24) is 4.90 Å². The molecule has 8 nitrogen and oxygen atoms in total. The van der Waals surface area contributed by atoms with Crippen molar-refractivity contribution in [2.45, 2.75) is 13.0 Å². The maximum Gasteiger partial charge on any atom is 0.269 e. The van der Waals surface area contributed by atoms with Crippen LogP contribution in [0, 0.1) is 10.1 Å². The summed E-state index contributed by atoms with van der Waals surface area (Å²) in [6, 6.07) is 14.1. The Morgan fingerprint density at radius 3 is 2.59 bits per heavy atom. The van der Waals surface area contributed by atoms with Gasteiger partial charge in [-0.1, -0.05) is 12.1 Å². The van der Waals surface area contributed by atoms with E-state index in [1.54, 1.807) is 12.1 Å². The molecule has 154 valence electrons. The van der Waals surface area contributed by atoms with E-state index in [0.29, 0.717) is 0 Å². The van der Waals surface area contributed by atoms with Gasteiger partial charge in [0.15, 0.2) is 0 Å². The minimum Gasteiger partial charge on any atom is -0.378 e. The Balaban J connectivity index is 1.55. The first-order valence-corrected chi connectivity index (χ1v) is 9.61. The molecule has 1 amide bonds. The average Bonchev–Trinajstić information content (AvgIpc) is 2.74. The van der Waals surface area contributed by atoms with E-state index in [-0.39, 0.29) is 24.2 Å². The number of rotatable bonds is 7. The van der Waals surface area contributed by atoms with Crippen molar-refractivity contribution in [3.8, 4) is 0 Å². The molecule has 0 radical (unpaired) electrons. The quantitative estimate of drug-likeness (QED) is 0.570. The molecule has 29 heavy (non-hydrogen) atoms. The molecule has 3 rings (SSSR count). The van der Waals surface area contributed by atoms with E-state index in [4.69, 9.17) is 4.74 Å². The Morgan fingerprint density at radius 2 is 1.93 bits per heavy atom. The lowest BCUT2D eigenvalue weighted by atomic mass is 10.1. The smallest absolute Gasteiger partial charge is 0.269 e. The number of nitrogens with zero attached hydrogens (tertiary/aromatic N) is 3. The fraction of sp³-hybridized carbons (Fsp3) is 0.381. The third kappa shape index (κ3) is 5.52. The fourth-order valence-corrected chi connectivity index (χ4v) is 3.29. The van der Waals surface area contributed by atoms with E-state index in [2.05, 4.69) is 10.2 Å². The maximum atomic E-state index is 12.4. The molecule has 0 aliphatic carbocycles. The lowest BCUT2D eigenvalue weighted by molar-refractivity contribution is -0.384. The molecular formula is C21H26N4O4. The van der Waals surface area contributed by atoms with Crippen molar-refractivity contribution in [2.75, 3.05) is 50.1 Å². The van der Waals surface area contributed by atoms with Gasteiger partial charge in [0.25, 0.3) is 5.69 Å². The van der Waals surface area contributed by atoms with Crippen LogP contribution in [-0.4, -0.2) is 55.6 Å². The Morgan fingerprint density at radius 1 is 1.24 bits per heavy atom. The van der Waals surface area contributed by atoms with Gasteiger partial charge in [-0.05, 0) is 43.8 Å². The van der Waals surface area contributed by atoms with Gasteiger partial charge in [-0.2, -0.15) is 0 Å². The topological polar surface area (TPSA) is 88.0 Å². The molecule has 0 unspecified atom stereocenters. The summed E-state index contributed by atoms with van der Waals surface area (Å²) in [5, 5.41) is 13.9. The van der Waals surface area contributed by atoms with Gasteiger partial charge in [-0.15, -0.1) is 0 Å². The third-order valence-corrected chi connectivity index (χ3v) is 5.14. The molecule has 0 spiro atoms. The van der Waals surface area contributed by atoms with Crippen molar-refractivity contribution in [3.05, 3.63) is 64.2 Å². The van der Waals surface area contributed by atoms with E-state index < -0.39 is 4.92 Å². The molecule has 2 aromatic rings. The normalized spacial score (nSPS) is 15.2. The number of ether oxygens (including phenoxy) is 1. The van der Waals surface area contributed by atoms with Crippen LogP contribution in [0.4, 0.5) is 17.1 Å². The first kappa shape index (κ1) is 20.8. The predicted molar refractivity (Wildman–Crippen MR) is 112 cm³/mol. The molecule has 0 bridgehead atoms. The average molecular weight is 398 g/mol. The number of carbonyl (C=O) groups is 1. The first-order valence-electron chi connectivity index (χ1n) is 9.61. The number of hydrogen-bond acceptors (Lipinski definition) is 6. The van der Waals surface area contributed by atoms with Gasteiger partial charge >= 0.3 is 0 Å². The Kier molecular flexibility index (Phi) is 6.79. The van der Waals surface area contributed by atoms with Gasteiger partial charge in [0.1, 0.15) is 0 Å². The zero-order valence-electron chi connectivity index (χ0n) is 16.7. The Labute approximate surface area is 170 Å². The molecule has 2 aromatic carbocycles. The summed E-state index contributed by atoms with van der Waals surface area (Å²) in [4.78, 5) is 27.1. The lowest BCUT2D eigenvalue weighted by Gasteiger charge is -2.29. The van der Waals surface area contributed by atoms with Crippen molar-refractivity contribution in [3.63, 3.8) is 0 Å². The molecule has 1 aliphatic heterocycles. The number of nitrogens with one attached hydrogen (secondary N) is 1. The highest BCUT2D eigenvalue weighted by atomic mass is 16.6. The van der Waals surface area contributed by atoms with Crippen LogP contribution >= 0.6 is 0 Å². The number of benzene rings is 2. The van der Waals surface area contributed by atoms with Gasteiger partial charge in [0, 0.05) is 42.6 Å². The SMILES string of the molecule is C[C@H](c1cccc([N+](=O)[O-])c1)N(C)CC(=O)Nc1ccc(N2CCOCC2)cc1. The molecule has 1 heterocycles. The van der Waals surface area contributed by atoms with Crippen LogP contribution in [0.3, 0.4) is 0 Å². The zero-order chi connectivity index (χ0) is 20.8. The highest BCUT2D eigenvalue weighted by Crippen LogP contribution is 2.23. The van der Waals surface area contributed by atoms with Crippen LogP contribution in [0.1, 0.15) is 18.5 Å². The second kappa shape index (κ2) is 9.49. The van der Waals surface area contributed by atoms with E-state index in [1.165, 1.54) is 6.07 Å². The number of nitro benzene ring substituents is 1. The van der Waals surface area contributed by atoms with Crippen LogP contribution in [0.2, 0.25) is 0 Å². The Bertz CT molecular complexity index is 850. The highest BCUT2D eigenvalue weighted by Gasteiger charge is 2.17. The second-order valence-corrected chi connectivity index (χ2v) is 7.14. The molecule has 1 saturated heterocycles. The number of morpholine rings is 1. The van der Waals surface area contributed by atoms with Crippen LogP contribution in [-0.2, 0) is 9.53 Å². The van der Waals surface area contributed by atoms with Gasteiger partial charge in [-0.3, -0.25) is 19.8 Å². The molecule has 0 aromatic heterocycles. The van der Waals surface area contributed by atoms with E-state index >= 15 is 0 Å². The van der Waals surface area contributed by atoms with E-state index in [9.17, 15) is 14.9 Å². The number of hydrogen-bond donors (Lipinski definition) is 1. The minimum absolute atomic E-state index is 0.0487. The minimum atomic E-state index is -0.413. The largest absolute Gasteiger partial charge is 0.378 e. The number of anilines is 2. The number of non-ortho nitro benzene ring substituents is 1. The molecule has 1 aliphatic rings. The van der Waals surface area contributed by atoms with Crippen LogP contribution in [0.15, 0.2) is 48.5 Å². The van der Waals surface area contributed by atoms with Crippen LogP contribution in [0.25, 0.3) is 0 Å². The number of carbonyl (C=O) groups excluding carboxylic acids is 1. The van der Waals surface area contributed by atoms with Crippen molar-refractivity contribution < 1.29 is 14.5 Å². The number of likely N-dealkylation sites (N-methyl/N-ethyl adjacent to an activating group) is 1. The summed E-state index contributed by atoms with van der Waals surface area (Å²) in [5.41, 5.74) is 2.70. The van der Waals surface area contributed by atoms with Crippen molar-refractivity contribution >= 4 is 23.0 Å². The van der Waals surface area contributed by atoms with Crippen molar-refractivity contribution in [2.24, 2.45) is 0 Å². The van der Waals surface area contributed by atoms with Crippen LogP contribution < -0.4 is 10.2 Å². The standard InChI is InChI=1S/C21H26N4O4/c1-16(17-4-3-5-20(14-17)25(27)28)23(2)15-21(26)22-18-6-8-19(9-7-18)24-10-12-29-13-11-24/h3-9,14,16H,10-13,15H2,1-2H3,(H,22,26)/t16-/m1/s1. The fourth-order valence-electron chi connectivity index (χ4n) is 3.29. The van der Waals surface area contributed by atoms with Gasteiger partial charge in [-0.25, -0.2) is 0 Å². The number of amides is 1. The van der Waals surface area contributed by atoms with Gasteiger partial charge in [0.2, 0.25) is 5.91 Å².